The lowest BCUT2D eigenvalue weighted by Crippen LogP contribution is -2.25. The van der Waals surface area contributed by atoms with E-state index in [0.717, 1.165) is 42.8 Å². The van der Waals surface area contributed by atoms with Gasteiger partial charge in [0, 0.05) is 56.5 Å². The Morgan fingerprint density at radius 3 is 3.00 bits per heavy atom. The number of nitrogens with one attached hydrogen (secondary N) is 1. The summed E-state index contributed by atoms with van der Waals surface area (Å²) in [6.07, 6.45) is 6.63. The molecule has 3 aromatic rings. The van der Waals surface area contributed by atoms with Crippen molar-refractivity contribution in [1.29, 1.82) is 0 Å². The highest BCUT2D eigenvalue weighted by atomic mass is 16.1. The number of aromatic nitrogens is 4. The summed E-state index contributed by atoms with van der Waals surface area (Å²) in [5.41, 5.74) is 3.25. The Kier molecular flexibility index (Phi) is 5.11. The zero-order valence-corrected chi connectivity index (χ0v) is 15.5. The highest BCUT2D eigenvalue weighted by Gasteiger charge is 2.28. The van der Waals surface area contributed by atoms with E-state index in [9.17, 15) is 4.79 Å². The van der Waals surface area contributed by atoms with Crippen molar-refractivity contribution < 1.29 is 4.79 Å². The molecule has 0 bridgehead atoms. The molecule has 0 aliphatic carbocycles. The molecular weight excluding hydrogens is 340 g/mol. The Morgan fingerprint density at radius 1 is 1.30 bits per heavy atom. The monoisotopic (exact) mass is 364 g/mol. The molecule has 0 unspecified atom stereocenters. The molecule has 4 heterocycles. The molecule has 0 saturated carbocycles. The fourth-order valence-corrected chi connectivity index (χ4v) is 3.78. The molecule has 1 atom stereocenters. The van der Waals surface area contributed by atoms with Gasteiger partial charge in [-0.25, -0.2) is 9.67 Å². The van der Waals surface area contributed by atoms with E-state index in [1.54, 1.807) is 6.20 Å². The molecule has 27 heavy (non-hydrogen) atoms. The van der Waals surface area contributed by atoms with Crippen LogP contribution < -0.4 is 5.32 Å². The summed E-state index contributed by atoms with van der Waals surface area (Å²) in [6, 6.07) is 8.17. The van der Waals surface area contributed by atoms with E-state index in [1.165, 1.54) is 12.5 Å². The smallest absolute Gasteiger partial charge is 0.216 e. The van der Waals surface area contributed by atoms with E-state index >= 15 is 0 Å². The molecule has 140 valence electrons. The van der Waals surface area contributed by atoms with E-state index in [0.29, 0.717) is 19.0 Å². The summed E-state index contributed by atoms with van der Waals surface area (Å²) in [4.78, 5) is 22.3. The van der Waals surface area contributed by atoms with E-state index in [-0.39, 0.29) is 5.91 Å². The molecule has 1 fully saturated rings. The summed E-state index contributed by atoms with van der Waals surface area (Å²) in [6.45, 7) is 5.67. The fourth-order valence-electron chi connectivity index (χ4n) is 3.78. The van der Waals surface area contributed by atoms with E-state index < -0.39 is 0 Å². The average Bonchev–Trinajstić information content (AvgIpc) is 3.27. The zero-order valence-electron chi connectivity index (χ0n) is 15.5. The van der Waals surface area contributed by atoms with Crippen LogP contribution in [0.1, 0.15) is 30.5 Å². The first-order valence-corrected chi connectivity index (χ1v) is 9.38. The van der Waals surface area contributed by atoms with Gasteiger partial charge in [0.05, 0.1) is 12.2 Å². The Bertz CT molecular complexity index is 923. The number of nitrogens with zero attached hydrogens (tertiary/aromatic N) is 5. The highest BCUT2D eigenvalue weighted by Crippen LogP contribution is 2.31. The lowest BCUT2D eigenvalue weighted by atomic mass is 10.0. The third-order valence-electron chi connectivity index (χ3n) is 5.02. The summed E-state index contributed by atoms with van der Waals surface area (Å²) >= 11 is 0. The number of amides is 1. The van der Waals surface area contributed by atoms with Crippen LogP contribution in [0.5, 0.6) is 0 Å². The van der Waals surface area contributed by atoms with Crippen LogP contribution in [0.2, 0.25) is 0 Å². The second kappa shape index (κ2) is 7.84. The number of carbonyl (C=O) groups is 1. The van der Waals surface area contributed by atoms with Crippen molar-refractivity contribution in [2.75, 3.05) is 19.6 Å². The van der Waals surface area contributed by atoms with E-state index in [1.807, 2.05) is 29.2 Å². The Hall–Kier alpha value is -2.80. The molecule has 1 N–H and O–H groups in total. The second-order valence-corrected chi connectivity index (χ2v) is 7.05. The number of pyridine rings is 2. The molecule has 4 rings (SSSR count). The van der Waals surface area contributed by atoms with Crippen LogP contribution in [0.3, 0.4) is 0 Å². The quantitative estimate of drug-likeness (QED) is 0.724. The van der Waals surface area contributed by atoms with Gasteiger partial charge in [0.2, 0.25) is 5.91 Å². The Morgan fingerprint density at radius 2 is 2.19 bits per heavy atom. The average molecular weight is 364 g/mol. The number of hydrogen-bond donors (Lipinski definition) is 1. The van der Waals surface area contributed by atoms with Gasteiger partial charge in [-0.2, -0.15) is 5.10 Å². The second-order valence-electron chi connectivity index (χ2n) is 7.05. The van der Waals surface area contributed by atoms with Crippen molar-refractivity contribution in [3.05, 3.63) is 54.1 Å². The number of likely N-dealkylation sites (tertiary alicyclic amines) is 1. The van der Waals surface area contributed by atoms with Gasteiger partial charge in [0.1, 0.15) is 0 Å². The van der Waals surface area contributed by atoms with Crippen molar-refractivity contribution in [3.63, 3.8) is 0 Å². The summed E-state index contributed by atoms with van der Waals surface area (Å²) in [7, 11) is 0. The van der Waals surface area contributed by atoms with Gasteiger partial charge in [0.25, 0.3) is 0 Å². The van der Waals surface area contributed by atoms with Gasteiger partial charge >= 0.3 is 0 Å². The molecular formula is C20H24N6O. The lowest BCUT2D eigenvalue weighted by molar-refractivity contribution is -0.118. The molecule has 1 aliphatic rings. The van der Waals surface area contributed by atoms with Crippen molar-refractivity contribution >= 4 is 16.9 Å². The number of fused-ring (bicyclic) bond motifs is 1. The van der Waals surface area contributed by atoms with Crippen LogP contribution in [0.4, 0.5) is 0 Å². The molecule has 3 aromatic heterocycles. The first kappa shape index (κ1) is 17.6. The lowest BCUT2D eigenvalue weighted by Gasteiger charge is -2.15. The van der Waals surface area contributed by atoms with Gasteiger partial charge in [-0.1, -0.05) is 6.07 Å². The fraction of sp³-hybridized carbons (Fsp3) is 0.400. The first-order chi connectivity index (χ1) is 13.2. The highest BCUT2D eigenvalue weighted by molar-refractivity contribution is 5.79. The Labute approximate surface area is 158 Å². The number of rotatable bonds is 6. The Balaban J connectivity index is 1.51. The van der Waals surface area contributed by atoms with Crippen molar-refractivity contribution in [2.45, 2.75) is 32.4 Å². The summed E-state index contributed by atoms with van der Waals surface area (Å²) in [5.74, 6) is 0.372. The molecule has 0 radical (unpaired) electrons. The first-order valence-electron chi connectivity index (χ1n) is 9.38. The standard InChI is InChI=1S/C20H24N6O/c1-15(27)22-9-11-26-20-18(5-3-8-23-20)19(24-26)17-6-10-25(14-17)13-16-4-2-7-21-12-16/h2-5,7-8,12,17H,6,9-11,13-14H2,1H3,(H,22,27)/t17-/m1/s1. The molecule has 0 aromatic carbocycles. The number of hydrogen-bond acceptors (Lipinski definition) is 5. The minimum Gasteiger partial charge on any atom is -0.354 e. The molecule has 7 nitrogen and oxygen atoms in total. The third-order valence-corrected chi connectivity index (χ3v) is 5.02. The molecule has 1 aliphatic heterocycles. The van der Waals surface area contributed by atoms with Crippen LogP contribution in [0.25, 0.3) is 11.0 Å². The predicted octanol–water partition coefficient (Wildman–Crippen LogP) is 1.95. The maximum absolute atomic E-state index is 11.1. The largest absolute Gasteiger partial charge is 0.354 e. The van der Waals surface area contributed by atoms with Crippen LogP contribution in [-0.4, -0.2) is 50.2 Å². The van der Waals surface area contributed by atoms with Gasteiger partial charge in [0.15, 0.2) is 5.65 Å². The van der Waals surface area contributed by atoms with Gasteiger partial charge in [-0.15, -0.1) is 0 Å². The van der Waals surface area contributed by atoms with Crippen LogP contribution in [0.15, 0.2) is 42.9 Å². The molecule has 0 spiro atoms. The third kappa shape index (κ3) is 3.98. The van der Waals surface area contributed by atoms with Gasteiger partial charge < -0.3 is 5.32 Å². The minimum absolute atomic E-state index is 0.0264. The normalized spacial score (nSPS) is 17.4. The van der Waals surface area contributed by atoms with Crippen LogP contribution in [0, 0.1) is 0 Å². The summed E-state index contributed by atoms with van der Waals surface area (Å²) < 4.78 is 1.92. The van der Waals surface area contributed by atoms with Gasteiger partial charge in [-0.3, -0.25) is 14.7 Å². The molecule has 7 heteroatoms. The van der Waals surface area contributed by atoms with Crippen LogP contribution >= 0.6 is 0 Å². The SMILES string of the molecule is CC(=O)NCCn1nc([C@@H]2CCN(Cc3cccnc3)C2)c2cccnc21. The number of carbonyl (C=O) groups excluding carboxylic acids is 1. The van der Waals surface area contributed by atoms with E-state index in [2.05, 4.69) is 32.3 Å². The van der Waals surface area contributed by atoms with E-state index in [4.69, 9.17) is 5.10 Å². The molecule has 1 amide bonds. The topological polar surface area (TPSA) is 75.9 Å². The van der Waals surface area contributed by atoms with Crippen molar-refractivity contribution in [2.24, 2.45) is 0 Å². The van der Waals surface area contributed by atoms with Gasteiger partial charge in [-0.05, 0) is 36.7 Å². The minimum atomic E-state index is -0.0264. The van der Waals surface area contributed by atoms with Crippen LogP contribution in [-0.2, 0) is 17.9 Å². The van der Waals surface area contributed by atoms with Crippen molar-refractivity contribution in [1.82, 2.24) is 30.0 Å². The zero-order chi connectivity index (χ0) is 18.6. The van der Waals surface area contributed by atoms with Crippen molar-refractivity contribution in [3.8, 4) is 0 Å². The maximum Gasteiger partial charge on any atom is 0.216 e. The predicted molar refractivity (Wildman–Crippen MR) is 103 cm³/mol. The molecule has 1 saturated heterocycles. The maximum atomic E-state index is 11.1. The summed E-state index contributed by atoms with van der Waals surface area (Å²) in [5, 5.41) is 8.82.